The maximum absolute atomic E-state index is 5.49. The number of nitrogens with zero attached hydrogens (tertiary/aromatic N) is 2. The molecular weight excluding hydrogens is 238 g/mol. The molecule has 0 aliphatic heterocycles. The Balaban J connectivity index is 2.50. The molecule has 4 heteroatoms. The zero-order valence-corrected chi connectivity index (χ0v) is 12.0. The van der Waals surface area contributed by atoms with Crippen LogP contribution in [-0.2, 0) is 7.05 Å². The Kier molecular flexibility index (Phi) is 4.22. The van der Waals surface area contributed by atoms with Crippen molar-refractivity contribution >= 4 is 0 Å². The Bertz CT molecular complexity index is 548. The van der Waals surface area contributed by atoms with Crippen LogP contribution < -0.4 is 10.1 Å². The number of rotatable bonds is 5. The van der Waals surface area contributed by atoms with Crippen molar-refractivity contribution in [2.45, 2.75) is 19.9 Å². The number of hydrogen-bond acceptors (Lipinski definition) is 3. The Morgan fingerprint density at radius 2 is 2.21 bits per heavy atom. The normalized spacial score (nSPS) is 12.4. The standard InChI is InChI=1S/C15H21N3O/c1-5-16-14(15-17-8-9-18(15)3)12-10-11(2)6-7-13(12)19-4/h6-10,14,16H,5H2,1-4H3. The van der Waals surface area contributed by atoms with Crippen LogP contribution in [0.1, 0.15) is 29.9 Å². The molecule has 1 N–H and O–H groups in total. The molecule has 1 aromatic carbocycles. The highest BCUT2D eigenvalue weighted by Crippen LogP contribution is 2.29. The van der Waals surface area contributed by atoms with E-state index in [0.29, 0.717) is 0 Å². The molecule has 1 unspecified atom stereocenters. The number of aromatic nitrogens is 2. The molecule has 4 nitrogen and oxygen atoms in total. The summed E-state index contributed by atoms with van der Waals surface area (Å²) >= 11 is 0. The lowest BCUT2D eigenvalue weighted by Gasteiger charge is -2.21. The molecule has 0 aliphatic carbocycles. The maximum Gasteiger partial charge on any atom is 0.130 e. The van der Waals surface area contributed by atoms with Gasteiger partial charge in [-0.1, -0.05) is 24.6 Å². The second-order valence-electron chi connectivity index (χ2n) is 4.63. The molecule has 102 valence electrons. The van der Waals surface area contributed by atoms with Crippen molar-refractivity contribution in [2.75, 3.05) is 13.7 Å². The van der Waals surface area contributed by atoms with E-state index in [-0.39, 0.29) is 6.04 Å². The van der Waals surface area contributed by atoms with Crippen LogP contribution in [-0.4, -0.2) is 23.2 Å². The van der Waals surface area contributed by atoms with Crippen molar-refractivity contribution in [2.24, 2.45) is 7.05 Å². The van der Waals surface area contributed by atoms with Crippen LogP contribution in [0.2, 0.25) is 0 Å². The van der Waals surface area contributed by atoms with E-state index in [1.54, 1.807) is 7.11 Å². The van der Waals surface area contributed by atoms with E-state index < -0.39 is 0 Å². The van der Waals surface area contributed by atoms with Crippen LogP contribution in [0.15, 0.2) is 30.6 Å². The number of hydrogen-bond donors (Lipinski definition) is 1. The fraction of sp³-hybridized carbons (Fsp3) is 0.400. The summed E-state index contributed by atoms with van der Waals surface area (Å²) in [6.45, 7) is 5.05. The molecule has 0 saturated carbocycles. The SMILES string of the molecule is CCNC(c1cc(C)ccc1OC)c1nccn1C. The molecule has 19 heavy (non-hydrogen) atoms. The van der Waals surface area contributed by atoms with Gasteiger partial charge in [0.25, 0.3) is 0 Å². The fourth-order valence-electron chi connectivity index (χ4n) is 2.28. The van der Waals surface area contributed by atoms with Crippen molar-refractivity contribution in [3.05, 3.63) is 47.5 Å². The van der Waals surface area contributed by atoms with Crippen LogP contribution in [0.4, 0.5) is 0 Å². The Labute approximate surface area is 114 Å². The van der Waals surface area contributed by atoms with Crippen molar-refractivity contribution < 1.29 is 4.74 Å². The number of nitrogens with one attached hydrogen (secondary N) is 1. The van der Waals surface area contributed by atoms with E-state index in [1.165, 1.54) is 5.56 Å². The third-order valence-corrected chi connectivity index (χ3v) is 3.22. The van der Waals surface area contributed by atoms with Crippen LogP contribution in [0, 0.1) is 6.92 Å². The molecule has 0 radical (unpaired) electrons. The minimum absolute atomic E-state index is 0.0415. The maximum atomic E-state index is 5.49. The predicted molar refractivity (Wildman–Crippen MR) is 76.5 cm³/mol. The largest absolute Gasteiger partial charge is 0.496 e. The second kappa shape index (κ2) is 5.89. The summed E-state index contributed by atoms with van der Waals surface area (Å²) in [5.41, 5.74) is 2.34. The smallest absolute Gasteiger partial charge is 0.130 e. The van der Waals surface area contributed by atoms with Crippen LogP contribution >= 0.6 is 0 Å². The Hall–Kier alpha value is -1.81. The van der Waals surface area contributed by atoms with Gasteiger partial charge in [-0.05, 0) is 19.5 Å². The van der Waals surface area contributed by atoms with E-state index in [9.17, 15) is 0 Å². The molecule has 0 fully saturated rings. The average molecular weight is 259 g/mol. The molecule has 0 spiro atoms. The summed E-state index contributed by atoms with van der Waals surface area (Å²) < 4.78 is 7.53. The van der Waals surface area contributed by atoms with E-state index in [1.807, 2.05) is 30.1 Å². The van der Waals surface area contributed by atoms with E-state index >= 15 is 0 Å². The van der Waals surface area contributed by atoms with E-state index in [0.717, 1.165) is 23.7 Å². The third kappa shape index (κ3) is 2.79. The summed E-state index contributed by atoms with van der Waals surface area (Å²) in [6, 6.07) is 6.27. The highest BCUT2D eigenvalue weighted by atomic mass is 16.5. The molecule has 0 saturated heterocycles. The van der Waals surface area contributed by atoms with Gasteiger partial charge in [-0.2, -0.15) is 0 Å². The number of ether oxygens (including phenoxy) is 1. The van der Waals surface area contributed by atoms with Gasteiger partial charge in [-0.3, -0.25) is 0 Å². The molecule has 0 bridgehead atoms. The zero-order chi connectivity index (χ0) is 13.8. The lowest BCUT2D eigenvalue weighted by molar-refractivity contribution is 0.402. The van der Waals surface area contributed by atoms with Crippen molar-refractivity contribution in [1.29, 1.82) is 0 Å². The predicted octanol–water partition coefficient (Wildman–Crippen LogP) is 2.44. The first-order valence-corrected chi connectivity index (χ1v) is 6.52. The lowest BCUT2D eigenvalue weighted by atomic mass is 10.0. The molecular formula is C15H21N3O. The van der Waals surface area contributed by atoms with Gasteiger partial charge in [0.1, 0.15) is 11.6 Å². The summed E-state index contributed by atoms with van der Waals surface area (Å²) in [6.07, 6.45) is 3.78. The van der Waals surface area contributed by atoms with Gasteiger partial charge < -0.3 is 14.6 Å². The molecule has 2 rings (SSSR count). The van der Waals surface area contributed by atoms with Gasteiger partial charge in [-0.25, -0.2) is 4.98 Å². The minimum Gasteiger partial charge on any atom is -0.496 e. The van der Waals surface area contributed by atoms with Gasteiger partial charge in [0.15, 0.2) is 0 Å². The topological polar surface area (TPSA) is 39.1 Å². The number of methoxy groups -OCH3 is 1. The third-order valence-electron chi connectivity index (χ3n) is 3.22. The summed E-state index contributed by atoms with van der Waals surface area (Å²) in [5, 5.41) is 3.48. The van der Waals surface area contributed by atoms with E-state index in [4.69, 9.17) is 4.74 Å². The van der Waals surface area contributed by atoms with Crippen molar-refractivity contribution in [1.82, 2.24) is 14.9 Å². The first-order valence-electron chi connectivity index (χ1n) is 6.52. The average Bonchev–Trinajstić information content (AvgIpc) is 2.82. The van der Waals surface area contributed by atoms with Gasteiger partial charge in [0.2, 0.25) is 0 Å². The number of imidazole rings is 1. The lowest BCUT2D eigenvalue weighted by Crippen LogP contribution is -2.25. The fourth-order valence-corrected chi connectivity index (χ4v) is 2.28. The van der Waals surface area contributed by atoms with Crippen molar-refractivity contribution in [3.8, 4) is 5.75 Å². The van der Waals surface area contributed by atoms with Crippen LogP contribution in [0.5, 0.6) is 5.75 Å². The van der Waals surface area contributed by atoms with Crippen LogP contribution in [0.3, 0.4) is 0 Å². The first kappa shape index (κ1) is 13.6. The molecule has 0 aliphatic rings. The van der Waals surface area contributed by atoms with Gasteiger partial charge in [0.05, 0.1) is 13.2 Å². The van der Waals surface area contributed by atoms with Gasteiger partial charge in [-0.15, -0.1) is 0 Å². The second-order valence-corrected chi connectivity index (χ2v) is 4.63. The molecule has 1 aromatic heterocycles. The summed E-state index contributed by atoms with van der Waals surface area (Å²) in [7, 11) is 3.71. The molecule has 1 atom stereocenters. The quantitative estimate of drug-likeness (QED) is 0.896. The monoisotopic (exact) mass is 259 g/mol. The summed E-state index contributed by atoms with van der Waals surface area (Å²) in [4.78, 5) is 4.46. The minimum atomic E-state index is 0.0415. The van der Waals surface area contributed by atoms with Crippen LogP contribution in [0.25, 0.3) is 0 Å². The highest BCUT2D eigenvalue weighted by Gasteiger charge is 2.20. The molecule has 1 heterocycles. The first-order chi connectivity index (χ1) is 9.17. The number of benzene rings is 1. The van der Waals surface area contributed by atoms with Gasteiger partial charge in [0, 0.05) is 25.0 Å². The summed E-state index contributed by atoms with van der Waals surface area (Å²) in [5.74, 6) is 1.88. The van der Waals surface area contributed by atoms with Crippen molar-refractivity contribution in [3.63, 3.8) is 0 Å². The highest BCUT2D eigenvalue weighted by molar-refractivity contribution is 5.41. The molecule has 2 aromatic rings. The molecule has 0 amide bonds. The zero-order valence-electron chi connectivity index (χ0n) is 12.0. The Morgan fingerprint density at radius 3 is 2.79 bits per heavy atom. The number of aryl methyl sites for hydroxylation is 2. The Morgan fingerprint density at radius 1 is 1.42 bits per heavy atom. The van der Waals surface area contributed by atoms with Gasteiger partial charge >= 0.3 is 0 Å². The van der Waals surface area contributed by atoms with E-state index in [2.05, 4.69) is 36.3 Å².